The molecule has 2 atom stereocenters. The van der Waals surface area contributed by atoms with E-state index in [9.17, 15) is 31.5 Å². The summed E-state index contributed by atoms with van der Waals surface area (Å²) >= 11 is 18.6. The molecule has 4 N–H and O–H groups in total. The topological polar surface area (TPSA) is 84.2 Å². The number of carbonyl (C=O) groups is 2. The number of anilines is 3. The molecule has 37 heavy (non-hydrogen) atoms. The maximum atomic E-state index is 14.2. The van der Waals surface area contributed by atoms with E-state index in [-0.39, 0.29) is 21.8 Å². The van der Waals surface area contributed by atoms with Crippen LogP contribution in [0.25, 0.3) is 0 Å². The summed E-state index contributed by atoms with van der Waals surface area (Å²) in [4.78, 5) is 25.6. The van der Waals surface area contributed by atoms with Crippen LogP contribution in [0.5, 0.6) is 0 Å². The van der Waals surface area contributed by atoms with Crippen LogP contribution in [0.15, 0.2) is 54.6 Å². The smallest absolute Gasteiger partial charge is 0.394 e. The number of hydrogen-bond acceptors (Lipinski definition) is 3. The summed E-state index contributed by atoms with van der Waals surface area (Å²) in [5, 5.41) is 4.67. The SMILES string of the molecule is Nc1c(F)ccc(NC(=O)c2cc(NC(=O)[C@@H]3[C@@H](c4cccc(C(F)(F)F)c4)C3(Cl)Cl)ccc2Cl)c1F. The summed E-state index contributed by atoms with van der Waals surface area (Å²) in [6.07, 6.45) is -4.59. The minimum Gasteiger partial charge on any atom is -0.394 e. The Bertz CT molecular complexity index is 1410. The van der Waals surface area contributed by atoms with Crippen molar-refractivity contribution in [3.8, 4) is 0 Å². The third-order valence-corrected chi connectivity index (χ3v) is 7.03. The number of amides is 2. The molecule has 1 saturated carbocycles. The highest BCUT2D eigenvalue weighted by atomic mass is 35.5. The quantitative estimate of drug-likeness (QED) is 0.173. The molecule has 0 aromatic heterocycles. The molecule has 13 heteroatoms. The second-order valence-electron chi connectivity index (χ2n) is 8.21. The number of nitrogens with two attached hydrogens (primary N) is 1. The molecule has 194 valence electrons. The Morgan fingerprint density at radius 1 is 0.973 bits per heavy atom. The Kier molecular flexibility index (Phi) is 7.04. The van der Waals surface area contributed by atoms with Crippen LogP contribution in [0.4, 0.5) is 39.0 Å². The maximum absolute atomic E-state index is 14.2. The van der Waals surface area contributed by atoms with Gasteiger partial charge >= 0.3 is 6.18 Å². The lowest BCUT2D eigenvalue weighted by atomic mass is 10.1. The molecule has 1 aliphatic carbocycles. The lowest BCUT2D eigenvalue weighted by molar-refractivity contribution is -0.137. The van der Waals surface area contributed by atoms with E-state index in [0.717, 1.165) is 24.3 Å². The van der Waals surface area contributed by atoms with Gasteiger partial charge in [-0.15, -0.1) is 23.2 Å². The molecular weight excluding hydrogens is 564 g/mol. The first kappa shape index (κ1) is 27.0. The van der Waals surface area contributed by atoms with Crippen LogP contribution < -0.4 is 16.4 Å². The van der Waals surface area contributed by atoms with Crippen LogP contribution in [0.3, 0.4) is 0 Å². The second-order valence-corrected chi connectivity index (χ2v) is 10.1. The van der Waals surface area contributed by atoms with Crippen molar-refractivity contribution in [1.29, 1.82) is 0 Å². The molecule has 0 saturated heterocycles. The highest BCUT2D eigenvalue weighted by molar-refractivity contribution is 6.53. The summed E-state index contributed by atoms with van der Waals surface area (Å²) in [5.74, 6) is -5.79. The second kappa shape index (κ2) is 9.66. The van der Waals surface area contributed by atoms with E-state index in [1.54, 1.807) is 0 Å². The van der Waals surface area contributed by atoms with Crippen molar-refractivity contribution in [2.75, 3.05) is 16.4 Å². The van der Waals surface area contributed by atoms with Crippen molar-refractivity contribution in [2.24, 2.45) is 5.92 Å². The highest BCUT2D eigenvalue weighted by Gasteiger charge is 2.67. The summed E-state index contributed by atoms with van der Waals surface area (Å²) in [7, 11) is 0. The number of carbonyl (C=O) groups excluding carboxylic acids is 2. The lowest BCUT2D eigenvalue weighted by Crippen LogP contribution is -2.18. The zero-order chi connectivity index (χ0) is 27.3. The third kappa shape index (κ3) is 5.32. The van der Waals surface area contributed by atoms with E-state index >= 15 is 0 Å². The van der Waals surface area contributed by atoms with E-state index in [0.29, 0.717) is 0 Å². The summed E-state index contributed by atoms with van der Waals surface area (Å²) in [6, 6.07) is 10.0. The van der Waals surface area contributed by atoms with Crippen LogP contribution in [-0.4, -0.2) is 16.1 Å². The fourth-order valence-corrected chi connectivity index (χ4v) is 4.86. The van der Waals surface area contributed by atoms with Crippen molar-refractivity contribution in [3.05, 3.63) is 87.9 Å². The van der Waals surface area contributed by atoms with Crippen LogP contribution in [0, 0.1) is 17.6 Å². The number of nitrogens with one attached hydrogen (secondary N) is 2. The minimum atomic E-state index is -4.59. The van der Waals surface area contributed by atoms with Gasteiger partial charge in [-0.25, -0.2) is 8.78 Å². The van der Waals surface area contributed by atoms with Crippen LogP contribution >= 0.6 is 34.8 Å². The first-order valence-corrected chi connectivity index (χ1v) is 11.6. The third-order valence-electron chi connectivity index (χ3n) is 5.76. The van der Waals surface area contributed by atoms with Crippen molar-refractivity contribution in [1.82, 2.24) is 0 Å². The van der Waals surface area contributed by atoms with Gasteiger partial charge in [-0.05, 0) is 42.0 Å². The Balaban J connectivity index is 1.52. The fourth-order valence-electron chi connectivity index (χ4n) is 3.83. The number of hydrogen-bond donors (Lipinski definition) is 3. The molecule has 2 amide bonds. The van der Waals surface area contributed by atoms with Gasteiger partial charge in [-0.1, -0.05) is 29.8 Å². The first-order chi connectivity index (χ1) is 17.2. The van der Waals surface area contributed by atoms with Crippen molar-refractivity contribution in [2.45, 2.75) is 16.4 Å². The maximum Gasteiger partial charge on any atom is 0.416 e. The van der Waals surface area contributed by atoms with Gasteiger partial charge in [0.05, 0.1) is 27.8 Å². The molecule has 0 heterocycles. The predicted octanol–water partition coefficient (Wildman–Crippen LogP) is 7.00. The van der Waals surface area contributed by atoms with E-state index in [2.05, 4.69) is 10.6 Å². The van der Waals surface area contributed by atoms with Gasteiger partial charge in [0.15, 0.2) is 5.82 Å². The fraction of sp³-hybridized carbons (Fsp3) is 0.167. The van der Waals surface area contributed by atoms with Crippen LogP contribution in [0.1, 0.15) is 27.4 Å². The van der Waals surface area contributed by atoms with E-state index in [1.165, 1.54) is 30.3 Å². The van der Waals surface area contributed by atoms with Gasteiger partial charge < -0.3 is 16.4 Å². The molecule has 0 spiro atoms. The van der Waals surface area contributed by atoms with Gasteiger partial charge in [-0.2, -0.15) is 13.2 Å². The molecule has 0 aliphatic heterocycles. The molecule has 1 fully saturated rings. The first-order valence-electron chi connectivity index (χ1n) is 10.4. The zero-order valence-corrected chi connectivity index (χ0v) is 20.5. The normalized spacial score (nSPS) is 18.3. The Labute approximate surface area is 221 Å². The van der Waals surface area contributed by atoms with Crippen LogP contribution in [0.2, 0.25) is 5.02 Å². The number of benzene rings is 3. The minimum absolute atomic E-state index is 0.0525. The highest BCUT2D eigenvalue weighted by Crippen LogP contribution is 2.65. The lowest BCUT2D eigenvalue weighted by Gasteiger charge is -2.12. The van der Waals surface area contributed by atoms with E-state index in [1.807, 2.05) is 0 Å². The number of halogens is 8. The van der Waals surface area contributed by atoms with Gasteiger partial charge in [0.2, 0.25) is 5.91 Å². The predicted molar refractivity (Wildman–Crippen MR) is 131 cm³/mol. The standard InChI is InChI=1S/C24H15Cl3F5N3O2/c25-14-5-4-12(9-13(14)21(36)35-16-7-6-15(28)20(33)19(16)29)34-22(37)18-17(23(18,26)27)10-2-1-3-11(8-10)24(30,31)32/h1-9,17-18H,33H2,(H,34,37)(H,35,36)/t17-,18+/m1/s1. The van der Waals surface area contributed by atoms with Crippen molar-refractivity contribution in [3.63, 3.8) is 0 Å². The number of alkyl halides is 5. The van der Waals surface area contributed by atoms with Crippen LogP contribution in [-0.2, 0) is 11.0 Å². The van der Waals surface area contributed by atoms with E-state index < -0.39 is 62.7 Å². The molecule has 0 unspecified atom stereocenters. The average Bonchev–Trinajstić information content (AvgIpc) is 3.42. The van der Waals surface area contributed by atoms with Crippen molar-refractivity contribution >= 4 is 63.7 Å². The Hall–Kier alpha value is -3.08. The monoisotopic (exact) mass is 577 g/mol. The summed E-state index contributed by atoms with van der Waals surface area (Å²) in [6.45, 7) is 0. The van der Waals surface area contributed by atoms with Gasteiger partial charge in [0.25, 0.3) is 5.91 Å². The molecule has 4 rings (SSSR count). The molecule has 0 bridgehead atoms. The molecule has 0 radical (unpaired) electrons. The van der Waals surface area contributed by atoms with E-state index in [4.69, 9.17) is 40.5 Å². The largest absolute Gasteiger partial charge is 0.416 e. The van der Waals surface area contributed by atoms with Gasteiger partial charge in [0, 0.05) is 11.6 Å². The Morgan fingerprint density at radius 3 is 2.35 bits per heavy atom. The molecular formula is C24H15Cl3F5N3O2. The zero-order valence-electron chi connectivity index (χ0n) is 18.3. The molecule has 5 nitrogen and oxygen atoms in total. The molecule has 3 aromatic carbocycles. The van der Waals surface area contributed by atoms with Gasteiger partial charge in [0.1, 0.15) is 15.8 Å². The molecule has 3 aromatic rings. The number of nitrogen functional groups attached to an aromatic ring is 1. The number of rotatable bonds is 5. The summed E-state index contributed by atoms with van der Waals surface area (Å²) < 4.78 is 65.2. The molecule has 1 aliphatic rings. The van der Waals surface area contributed by atoms with Crippen molar-refractivity contribution < 1.29 is 31.5 Å². The average molecular weight is 579 g/mol. The Morgan fingerprint density at radius 2 is 1.68 bits per heavy atom. The van der Waals surface area contributed by atoms with Gasteiger partial charge in [-0.3, -0.25) is 9.59 Å². The summed E-state index contributed by atoms with van der Waals surface area (Å²) in [5.41, 5.74) is 3.25.